The molecule has 1 N–H and O–H groups in total. The van der Waals surface area contributed by atoms with E-state index >= 15 is 0 Å². The van der Waals surface area contributed by atoms with Crippen molar-refractivity contribution in [2.75, 3.05) is 0 Å². The normalized spacial score (nSPS) is 16.6. The summed E-state index contributed by atoms with van der Waals surface area (Å²) in [7, 11) is 0. The number of nitrogens with zero attached hydrogens (tertiary/aromatic N) is 2. The van der Waals surface area contributed by atoms with Crippen molar-refractivity contribution in [3.63, 3.8) is 0 Å². The Morgan fingerprint density at radius 3 is 2.72 bits per heavy atom. The van der Waals surface area contributed by atoms with E-state index in [1.165, 1.54) is 12.8 Å². The summed E-state index contributed by atoms with van der Waals surface area (Å²) in [6.07, 6.45) is 6.11. The highest BCUT2D eigenvalue weighted by molar-refractivity contribution is 6.31. The fraction of sp³-hybridized carbons (Fsp3) is 0.769. The molecule has 1 heterocycles. The van der Waals surface area contributed by atoms with Gasteiger partial charge in [-0.25, -0.2) is 0 Å². The first-order valence-corrected chi connectivity index (χ1v) is 7.26. The first-order chi connectivity index (χ1) is 8.76. The first-order valence-electron chi connectivity index (χ1n) is 6.88. The first kappa shape index (κ1) is 13.8. The van der Waals surface area contributed by atoms with Gasteiger partial charge in [-0.05, 0) is 26.2 Å². The molecule has 1 fully saturated rings. The van der Waals surface area contributed by atoms with Gasteiger partial charge in [0.15, 0.2) is 0 Å². The van der Waals surface area contributed by atoms with Crippen molar-refractivity contribution in [3.8, 4) is 0 Å². The summed E-state index contributed by atoms with van der Waals surface area (Å²) in [5.74, 6) is 0. The standard InChI is InChI=1S/C13H22ClN3O/c1-3-11-13(14)12(17(4-2)16-11)9-15-18-10-7-5-6-8-10/h10,15H,3-9H2,1-2H3. The molecule has 2 rings (SSSR count). The van der Waals surface area contributed by atoms with E-state index < -0.39 is 0 Å². The lowest BCUT2D eigenvalue weighted by atomic mass is 10.3. The second-order valence-electron chi connectivity index (χ2n) is 4.72. The molecule has 0 saturated heterocycles. The number of hydrogen-bond acceptors (Lipinski definition) is 3. The van der Waals surface area contributed by atoms with Gasteiger partial charge >= 0.3 is 0 Å². The monoisotopic (exact) mass is 271 g/mol. The Hall–Kier alpha value is -0.580. The van der Waals surface area contributed by atoms with Gasteiger partial charge in [0.25, 0.3) is 0 Å². The third-order valence-corrected chi connectivity index (χ3v) is 3.92. The minimum absolute atomic E-state index is 0.368. The van der Waals surface area contributed by atoms with Crippen molar-refractivity contribution in [2.24, 2.45) is 0 Å². The maximum Gasteiger partial charge on any atom is 0.0864 e. The Balaban J connectivity index is 1.92. The van der Waals surface area contributed by atoms with Crippen molar-refractivity contribution in [1.29, 1.82) is 0 Å². The van der Waals surface area contributed by atoms with Crippen molar-refractivity contribution in [1.82, 2.24) is 15.3 Å². The highest BCUT2D eigenvalue weighted by Gasteiger charge is 2.17. The summed E-state index contributed by atoms with van der Waals surface area (Å²) in [5.41, 5.74) is 5.04. The van der Waals surface area contributed by atoms with Gasteiger partial charge in [-0.2, -0.15) is 10.6 Å². The zero-order valence-corrected chi connectivity index (χ0v) is 12.0. The van der Waals surface area contributed by atoms with E-state index in [-0.39, 0.29) is 0 Å². The number of rotatable bonds is 6. The van der Waals surface area contributed by atoms with E-state index in [1.807, 2.05) is 4.68 Å². The fourth-order valence-corrected chi connectivity index (χ4v) is 2.76. The molecule has 0 radical (unpaired) electrons. The van der Waals surface area contributed by atoms with Crippen LogP contribution < -0.4 is 5.48 Å². The average Bonchev–Trinajstić information content (AvgIpc) is 2.99. The molecule has 0 spiro atoms. The molecule has 0 atom stereocenters. The van der Waals surface area contributed by atoms with E-state index in [0.717, 1.165) is 42.2 Å². The van der Waals surface area contributed by atoms with Crippen LogP contribution in [0.2, 0.25) is 5.02 Å². The van der Waals surface area contributed by atoms with Crippen LogP contribution in [0.3, 0.4) is 0 Å². The minimum atomic E-state index is 0.368. The lowest BCUT2D eigenvalue weighted by Gasteiger charge is -2.12. The summed E-state index contributed by atoms with van der Waals surface area (Å²) < 4.78 is 1.95. The molecule has 1 aromatic heterocycles. The Kier molecular flexibility index (Phi) is 5.03. The molecule has 1 saturated carbocycles. The second-order valence-corrected chi connectivity index (χ2v) is 5.10. The number of aryl methyl sites for hydroxylation is 2. The van der Waals surface area contributed by atoms with Gasteiger partial charge in [0.05, 0.1) is 29.1 Å². The van der Waals surface area contributed by atoms with Crippen molar-refractivity contribution < 1.29 is 4.84 Å². The Labute approximate surface area is 114 Å². The maximum absolute atomic E-state index is 6.32. The van der Waals surface area contributed by atoms with Gasteiger partial charge in [-0.3, -0.25) is 9.52 Å². The van der Waals surface area contributed by atoms with E-state index in [0.29, 0.717) is 12.6 Å². The van der Waals surface area contributed by atoms with Crippen LogP contribution in [-0.2, 0) is 24.3 Å². The number of halogens is 1. The zero-order chi connectivity index (χ0) is 13.0. The highest BCUT2D eigenvalue weighted by Crippen LogP contribution is 2.23. The quantitative estimate of drug-likeness (QED) is 0.808. The van der Waals surface area contributed by atoms with Crippen molar-refractivity contribution >= 4 is 11.6 Å². The number of hydrogen-bond donors (Lipinski definition) is 1. The average molecular weight is 272 g/mol. The van der Waals surface area contributed by atoms with Gasteiger partial charge in [0.2, 0.25) is 0 Å². The predicted molar refractivity (Wildman–Crippen MR) is 72.5 cm³/mol. The molecular formula is C13H22ClN3O. The largest absolute Gasteiger partial charge is 0.298 e. The summed E-state index contributed by atoms with van der Waals surface area (Å²) in [6.45, 7) is 5.60. The smallest absolute Gasteiger partial charge is 0.0864 e. The molecule has 1 aromatic rings. The van der Waals surface area contributed by atoms with E-state index in [9.17, 15) is 0 Å². The molecular weight excluding hydrogens is 250 g/mol. The molecule has 0 amide bonds. The molecule has 0 bridgehead atoms. The summed E-state index contributed by atoms with van der Waals surface area (Å²) >= 11 is 6.32. The third-order valence-electron chi connectivity index (χ3n) is 3.49. The lowest BCUT2D eigenvalue weighted by molar-refractivity contribution is -0.0253. The van der Waals surface area contributed by atoms with Crippen LogP contribution >= 0.6 is 11.6 Å². The van der Waals surface area contributed by atoms with Gasteiger partial charge in [-0.1, -0.05) is 31.4 Å². The Bertz CT molecular complexity index is 386. The fourth-order valence-electron chi connectivity index (χ4n) is 2.42. The highest BCUT2D eigenvalue weighted by atomic mass is 35.5. The molecule has 1 aliphatic rings. The third kappa shape index (κ3) is 3.05. The van der Waals surface area contributed by atoms with Gasteiger partial charge in [0, 0.05) is 6.54 Å². The molecule has 18 heavy (non-hydrogen) atoms. The second kappa shape index (κ2) is 6.55. The maximum atomic E-state index is 6.32. The lowest BCUT2D eigenvalue weighted by Crippen LogP contribution is -2.23. The predicted octanol–water partition coefficient (Wildman–Crippen LogP) is 3.08. The summed E-state index contributed by atoms with van der Waals surface area (Å²) in [4.78, 5) is 5.65. The van der Waals surface area contributed by atoms with Gasteiger partial charge < -0.3 is 0 Å². The number of hydroxylamine groups is 1. The van der Waals surface area contributed by atoms with Crippen LogP contribution in [-0.4, -0.2) is 15.9 Å². The summed E-state index contributed by atoms with van der Waals surface area (Å²) in [6, 6.07) is 0. The molecule has 5 heteroatoms. The molecule has 1 aliphatic carbocycles. The van der Waals surface area contributed by atoms with Crippen molar-refractivity contribution in [3.05, 3.63) is 16.4 Å². The molecule has 102 valence electrons. The molecule has 4 nitrogen and oxygen atoms in total. The van der Waals surface area contributed by atoms with Crippen LogP contribution in [0.25, 0.3) is 0 Å². The molecule has 0 unspecified atom stereocenters. The number of nitrogens with one attached hydrogen (secondary N) is 1. The van der Waals surface area contributed by atoms with E-state index in [2.05, 4.69) is 24.4 Å². The van der Waals surface area contributed by atoms with Crippen LogP contribution in [0.5, 0.6) is 0 Å². The van der Waals surface area contributed by atoms with E-state index in [1.54, 1.807) is 0 Å². The topological polar surface area (TPSA) is 39.1 Å². The minimum Gasteiger partial charge on any atom is -0.298 e. The van der Waals surface area contributed by atoms with Gasteiger partial charge in [-0.15, -0.1) is 0 Å². The van der Waals surface area contributed by atoms with Crippen LogP contribution in [0.4, 0.5) is 0 Å². The Morgan fingerprint density at radius 1 is 1.39 bits per heavy atom. The van der Waals surface area contributed by atoms with E-state index in [4.69, 9.17) is 16.4 Å². The molecule has 0 aromatic carbocycles. The van der Waals surface area contributed by atoms with Crippen LogP contribution in [0, 0.1) is 0 Å². The van der Waals surface area contributed by atoms with Crippen LogP contribution in [0.1, 0.15) is 50.9 Å². The van der Waals surface area contributed by atoms with Gasteiger partial charge in [0.1, 0.15) is 0 Å². The zero-order valence-electron chi connectivity index (χ0n) is 11.2. The summed E-state index contributed by atoms with van der Waals surface area (Å²) in [5, 5.41) is 5.27. The molecule has 0 aliphatic heterocycles. The SMILES string of the molecule is CCc1nn(CC)c(CNOC2CCCC2)c1Cl. The Morgan fingerprint density at radius 2 is 2.11 bits per heavy atom. The number of aromatic nitrogens is 2. The van der Waals surface area contributed by atoms with Crippen LogP contribution in [0.15, 0.2) is 0 Å². The van der Waals surface area contributed by atoms with Crippen molar-refractivity contribution in [2.45, 2.75) is 65.1 Å².